The summed E-state index contributed by atoms with van der Waals surface area (Å²) in [5.74, 6) is 0. The second-order valence-electron chi connectivity index (χ2n) is 4.26. The third-order valence-corrected chi connectivity index (χ3v) is 4.08. The van der Waals surface area contributed by atoms with Crippen molar-refractivity contribution in [1.29, 1.82) is 0 Å². The van der Waals surface area contributed by atoms with Crippen LogP contribution < -0.4 is 10.6 Å². The average molecular weight is 246 g/mol. The number of hydrogen-bond donors (Lipinski definition) is 2. The summed E-state index contributed by atoms with van der Waals surface area (Å²) < 4.78 is 0. The summed E-state index contributed by atoms with van der Waals surface area (Å²) in [6.45, 7) is 10.4. The summed E-state index contributed by atoms with van der Waals surface area (Å²) in [6.07, 6.45) is 0. The fraction of sp³-hybridized carbons (Fsp3) is 0.286. The van der Waals surface area contributed by atoms with E-state index in [2.05, 4.69) is 50.1 Å². The van der Waals surface area contributed by atoms with Crippen LogP contribution in [0.1, 0.15) is 25.0 Å². The summed E-state index contributed by atoms with van der Waals surface area (Å²) in [7, 11) is 0. The molecule has 2 nitrogen and oxygen atoms in total. The van der Waals surface area contributed by atoms with Crippen LogP contribution in [0.2, 0.25) is 0 Å². The molecule has 90 valence electrons. The van der Waals surface area contributed by atoms with Gasteiger partial charge in [0, 0.05) is 16.3 Å². The van der Waals surface area contributed by atoms with Crippen LogP contribution in [0.25, 0.3) is 5.70 Å². The average Bonchev–Trinajstić information content (AvgIpc) is 2.58. The van der Waals surface area contributed by atoms with Crippen LogP contribution in [0, 0.1) is 6.92 Å². The van der Waals surface area contributed by atoms with Crippen molar-refractivity contribution in [1.82, 2.24) is 10.6 Å². The van der Waals surface area contributed by atoms with Gasteiger partial charge < -0.3 is 10.6 Å². The molecule has 2 N–H and O–H groups in total. The van der Waals surface area contributed by atoms with E-state index in [0.717, 1.165) is 5.70 Å². The van der Waals surface area contributed by atoms with Crippen molar-refractivity contribution in [2.75, 3.05) is 0 Å². The predicted molar refractivity (Wildman–Crippen MR) is 76.2 cm³/mol. The van der Waals surface area contributed by atoms with Crippen molar-refractivity contribution in [3.63, 3.8) is 0 Å². The number of thioether (sulfide) groups is 1. The van der Waals surface area contributed by atoms with Crippen LogP contribution >= 0.6 is 11.8 Å². The van der Waals surface area contributed by atoms with Gasteiger partial charge in [0.25, 0.3) is 0 Å². The maximum atomic E-state index is 4.12. The van der Waals surface area contributed by atoms with Crippen LogP contribution in [-0.2, 0) is 0 Å². The molecule has 0 saturated carbocycles. The van der Waals surface area contributed by atoms with Crippen LogP contribution in [-0.4, -0.2) is 5.50 Å². The van der Waals surface area contributed by atoms with Crippen molar-refractivity contribution in [3.8, 4) is 0 Å². The molecule has 0 bridgehead atoms. The van der Waals surface area contributed by atoms with Crippen LogP contribution in [0.3, 0.4) is 0 Å². The predicted octanol–water partition coefficient (Wildman–Crippen LogP) is 3.43. The lowest BCUT2D eigenvalue weighted by Crippen LogP contribution is -2.34. The van der Waals surface area contributed by atoms with Crippen LogP contribution in [0.15, 0.2) is 41.4 Å². The molecule has 1 heterocycles. The van der Waals surface area contributed by atoms with E-state index in [1.807, 2.05) is 12.1 Å². The van der Waals surface area contributed by atoms with Crippen molar-refractivity contribution >= 4 is 17.5 Å². The van der Waals surface area contributed by atoms with Crippen LogP contribution in [0.5, 0.6) is 0 Å². The fourth-order valence-electron chi connectivity index (χ4n) is 1.81. The summed E-state index contributed by atoms with van der Waals surface area (Å²) in [6, 6.07) is 8.29. The molecular weight excluding hydrogens is 228 g/mol. The lowest BCUT2D eigenvalue weighted by atomic mass is 10.1. The Morgan fingerprint density at radius 2 is 2.00 bits per heavy atom. The van der Waals surface area contributed by atoms with Gasteiger partial charge >= 0.3 is 0 Å². The Bertz CT molecular complexity index is 463. The molecule has 1 atom stereocenters. The SMILES string of the molecule is C=C(NC1NC(C)=C(C)S1)c1ccccc1C. The minimum Gasteiger partial charge on any atom is -0.360 e. The smallest absolute Gasteiger partial charge is 0.149 e. The number of benzene rings is 1. The number of nitrogens with one attached hydrogen (secondary N) is 2. The zero-order valence-electron chi connectivity index (χ0n) is 10.5. The Balaban J connectivity index is 2.02. The Morgan fingerprint density at radius 1 is 1.29 bits per heavy atom. The first-order chi connectivity index (χ1) is 8.08. The number of allylic oxidation sites excluding steroid dienone is 2. The second kappa shape index (κ2) is 4.88. The van der Waals surface area contributed by atoms with Crippen molar-refractivity contribution in [2.24, 2.45) is 0 Å². The molecule has 0 amide bonds. The van der Waals surface area contributed by atoms with Gasteiger partial charge in [-0.15, -0.1) is 0 Å². The summed E-state index contributed by atoms with van der Waals surface area (Å²) in [5, 5.41) is 6.81. The highest BCUT2D eigenvalue weighted by atomic mass is 32.2. The number of aryl methyl sites for hydroxylation is 1. The third-order valence-electron chi connectivity index (χ3n) is 2.95. The van der Waals surface area contributed by atoms with E-state index in [9.17, 15) is 0 Å². The Kier molecular flexibility index (Phi) is 3.48. The van der Waals surface area contributed by atoms with Gasteiger partial charge in [-0.25, -0.2) is 0 Å². The molecule has 1 aromatic rings. The quantitative estimate of drug-likeness (QED) is 0.854. The summed E-state index contributed by atoms with van der Waals surface area (Å²) in [4.78, 5) is 1.33. The highest BCUT2D eigenvalue weighted by molar-refractivity contribution is 8.03. The molecular formula is C14H18N2S. The maximum Gasteiger partial charge on any atom is 0.149 e. The molecule has 2 rings (SSSR count). The minimum absolute atomic E-state index is 0.196. The molecule has 1 aromatic carbocycles. The Hall–Kier alpha value is -1.35. The molecule has 0 spiro atoms. The lowest BCUT2D eigenvalue weighted by molar-refractivity contribution is 0.708. The van der Waals surface area contributed by atoms with Gasteiger partial charge in [-0.05, 0) is 31.9 Å². The molecule has 0 aromatic heterocycles. The van der Waals surface area contributed by atoms with Gasteiger partial charge in [0.15, 0.2) is 0 Å². The molecule has 0 aliphatic carbocycles. The normalized spacial score (nSPS) is 19.1. The standard InChI is InChI=1S/C14H18N2S/c1-9-7-5-6-8-13(9)11(3)16-14-15-10(2)12(4)17-14/h5-8,14-16H,3H2,1-2,4H3. The number of rotatable bonds is 3. The number of hydrogen-bond acceptors (Lipinski definition) is 3. The van der Waals surface area contributed by atoms with Gasteiger partial charge in [-0.3, -0.25) is 0 Å². The van der Waals surface area contributed by atoms with E-state index >= 15 is 0 Å². The summed E-state index contributed by atoms with van der Waals surface area (Å²) >= 11 is 1.80. The minimum atomic E-state index is 0.196. The zero-order chi connectivity index (χ0) is 12.4. The maximum absolute atomic E-state index is 4.12. The molecule has 0 fully saturated rings. The van der Waals surface area contributed by atoms with Gasteiger partial charge in [-0.2, -0.15) is 0 Å². The Morgan fingerprint density at radius 3 is 2.59 bits per heavy atom. The Labute approximate surface area is 107 Å². The van der Waals surface area contributed by atoms with E-state index in [1.165, 1.54) is 21.7 Å². The van der Waals surface area contributed by atoms with E-state index in [0.29, 0.717) is 0 Å². The van der Waals surface area contributed by atoms with Gasteiger partial charge in [0.1, 0.15) is 5.50 Å². The lowest BCUT2D eigenvalue weighted by Gasteiger charge is -2.18. The molecule has 1 unspecified atom stereocenters. The first-order valence-corrected chi connectivity index (χ1v) is 6.58. The topological polar surface area (TPSA) is 24.1 Å². The summed E-state index contributed by atoms with van der Waals surface area (Å²) in [5.41, 5.74) is 4.83. The van der Waals surface area contributed by atoms with Crippen molar-refractivity contribution in [3.05, 3.63) is 52.6 Å². The monoisotopic (exact) mass is 246 g/mol. The zero-order valence-corrected chi connectivity index (χ0v) is 11.3. The third kappa shape index (κ3) is 2.67. The molecule has 3 heteroatoms. The van der Waals surface area contributed by atoms with Gasteiger partial charge in [0.2, 0.25) is 0 Å². The fourth-order valence-corrected chi connectivity index (χ4v) is 2.83. The molecule has 0 saturated heterocycles. The van der Waals surface area contributed by atoms with E-state index in [-0.39, 0.29) is 5.50 Å². The van der Waals surface area contributed by atoms with E-state index < -0.39 is 0 Å². The largest absolute Gasteiger partial charge is 0.360 e. The molecule has 1 aliphatic rings. The first kappa shape index (κ1) is 12.1. The molecule has 0 radical (unpaired) electrons. The van der Waals surface area contributed by atoms with Gasteiger partial charge in [0.05, 0.1) is 0 Å². The van der Waals surface area contributed by atoms with Crippen molar-refractivity contribution < 1.29 is 0 Å². The van der Waals surface area contributed by atoms with Crippen molar-refractivity contribution in [2.45, 2.75) is 26.3 Å². The highest BCUT2D eigenvalue weighted by Crippen LogP contribution is 2.29. The highest BCUT2D eigenvalue weighted by Gasteiger charge is 2.19. The van der Waals surface area contributed by atoms with E-state index in [1.54, 1.807) is 11.8 Å². The second-order valence-corrected chi connectivity index (χ2v) is 5.58. The van der Waals surface area contributed by atoms with E-state index in [4.69, 9.17) is 0 Å². The van der Waals surface area contributed by atoms with Gasteiger partial charge in [-0.1, -0.05) is 42.6 Å². The first-order valence-electron chi connectivity index (χ1n) is 5.70. The molecule has 1 aliphatic heterocycles. The van der Waals surface area contributed by atoms with Crippen LogP contribution in [0.4, 0.5) is 0 Å². The molecule has 17 heavy (non-hydrogen) atoms.